The lowest BCUT2D eigenvalue weighted by Gasteiger charge is -2.39. The highest BCUT2D eigenvalue weighted by Gasteiger charge is 2.37. The van der Waals surface area contributed by atoms with Crippen molar-refractivity contribution >= 4 is 39.3 Å². The van der Waals surface area contributed by atoms with E-state index in [1.165, 1.54) is 4.57 Å². The van der Waals surface area contributed by atoms with Crippen LogP contribution in [-0.4, -0.2) is 22.6 Å². The first-order chi connectivity index (χ1) is 15.3. The van der Waals surface area contributed by atoms with E-state index in [0.717, 1.165) is 40.8 Å². The first-order valence-corrected chi connectivity index (χ1v) is 11.0. The lowest BCUT2D eigenvalue weighted by atomic mass is 9.80. The van der Waals surface area contributed by atoms with E-state index < -0.39 is 0 Å². The fourth-order valence-electron chi connectivity index (χ4n) is 4.72. The van der Waals surface area contributed by atoms with Crippen LogP contribution in [0.5, 0.6) is 0 Å². The van der Waals surface area contributed by atoms with Crippen LogP contribution in [-0.2, 0) is 12.5 Å². The number of rotatable bonds is 2. The molecule has 2 aromatic heterocycles. The summed E-state index contributed by atoms with van der Waals surface area (Å²) in [6.45, 7) is 5.57. The maximum atomic E-state index is 12.9. The molecule has 1 aliphatic rings. The van der Waals surface area contributed by atoms with Crippen molar-refractivity contribution in [3.63, 3.8) is 0 Å². The molecule has 4 aromatic rings. The highest BCUT2D eigenvalue weighted by Crippen LogP contribution is 2.40. The van der Waals surface area contributed by atoms with Gasteiger partial charge in [0, 0.05) is 30.9 Å². The van der Waals surface area contributed by atoms with Gasteiger partial charge in [0.15, 0.2) is 5.58 Å². The van der Waals surface area contributed by atoms with Gasteiger partial charge in [0.05, 0.1) is 16.2 Å². The van der Waals surface area contributed by atoms with Crippen molar-refractivity contribution in [2.75, 3.05) is 18.0 Å². The van der Waals surface area contributed by atoms with Crippen molar-refractivity contribution in [1.29, 1.82) is 5.26 Å². The minimum absolute atomic E-state index is 0.156. The summed E-state index contributed by atoms with van der Waals surface area (Å²) in [6, 6.07) is 13.7. The maximum Gasteiger partial charge on any atom is 0.270 e. The third-order valence-corrected chi connectivity index (χ3v) is 6.99. The second-order valence-electron chi connectivity index (χ2n) is 8.87. The Labute approximate surface area is 190 Å². The summed E-state index contributed by atoms with van der Waals surface area (Å²) < 4.78 is 7.59. The van der Waals surface area contributed by atoms with Crippen molar-refractivity contribution in [3.8, 4) is 6.07 Å². The molecule has 0 saturated carbocycles. The summed E-state index contributed by atoms with van der Waals surface area (Å²) in [4.78, 5) is 19.8. The highest BCUT2D eigenvalue weighted by molar-refractivity contribution is 6.35. The van der Waals surface area contributed by atoms with Gasteiger partial charge in [-0.2, -0.15) is 5.26 Å². The Bertz CT molecular complexity index is 1470. The van der Waals surface area contributed by atoms with Crippen LogP contribution < -0.4 is 10.5 Å². The standard InChI is InChI=1S/C25H23ClN4O2/c1-15-7-8-20-19(13-15)28-24(32-20)25(2)9-11-30(12-10-25)21-16-5-4-6-18(26)22(16)29(3)23(31)17(21)14-27/h4-8,13H,9-12H2,1-3H3. The van der Waals surface area contributed by atoms with Gasteiger partial charge in [-0.1, -0.05) is 36.7 Å². The number of aryl methyl sites for hydroxylation is 2. The molecule has 1 saturated heterocycles. The molecule has 1 aliphatic heterocycles. The Morgan fingerprint density at radius 2 is 1.97 bits per heavy atom. The molecule has 0 N–H and O–H groups in total. The summed E-state index contributed by atoms with van der Waals surface area (Å²) in [5.41, 5.74) is 3.75. The summed E-state index contributed by atoms with van der Waals surface area (Å²) in [5.74, 6) is 0.745. The topological polar surface area (TPSA) is 75.1 Å². The van der Waals surface area contributed by atoms with Gasteiger partial charge in [-0.05, 0) is 43.5 Å². The Kier molecular flexibility index (Phi) is 4.75. The third kappa shape index (κ3) is 3.08. The van der Waals surface area contributed by atoms with E-state index in [1.807, 2.05) is 37.3 Å². The predicted molar refractivity (Wildman–Crippen MR) is 126 cm³/mol. The van der Waals surface area contributed by atoms with Gasteiger partial charge in [-0.25, -0.2) is 4.98 Å². The van der Waals surface area contributed by atoms with Crippen molar-refractivity contribution in [2.24, 2.45) is 7.05 Å². The number of halogens is 1. The second kappa shape index (κ2) is 7.39. The molecule has 32 heavy (non-hydrogen) atoms. The average Bonchev–Trinajstić information content (AvgIpc) is 3.21. The zero-order valence-corrected chi connectivity index (χ0v) is 19.0. The summed E-state index contributed by atoms with van der Waals surface area (Å²) >= 11 is 6.43. The molecular weight excluding hydrogens is 424 g/mol. The van der Waals surface area contributed by atoms with Gasteiger partial charge in [0.2, 0.25) is 5.89 Å². The Morgan fingerprint density at radius 1 is 1.22 bits per heavy atom. The zero-order chi connectivity index (χ0) is 22.6. The van der Waals surface area contributed by atoms with Gasteiger partial charge >= 0.3 is 0 Å². The molecule has 1 fully saturated rings. The molecular formula is C25H23ClN4O2. The number of para-hydroxylation sites is 1. The van der Waals surface area contributed by atoms with Gasteiger partial charge in [-0.3, -0.25) is 4.79 Å². The Morgan fingerprint density at radius 3 is 2.69 bits per heavy atom. The Balaban J connectivity index is 1.54. The van der Waals surface area contributed by atoms with E-state index in [1.54, 1.807) is 13.1 Å². The summed E-state index contributed by atoms with van der Waals surface area (Å²) in [6.07, 6.45) is 1.59. The predicted octanol–water partition coefficient (Wildman–Crippen LogP) is 5.07. The first-order valence-electron chi connectivity index (χ1n) is 10.7. The highest BCUT2D eigenvalue weighted by atomic mass is 35.5. The van der Waals surface area contributed by atoms with Gasteiger partial charge in [-0.15, -0.1) is 0 Å². The lowest BCUT2D eigenvalue weighted by molar-refractivity contribution is 0.292. The molecule has 0 spiro atoms. The van der Waals surface area contributed by atoms with Gasteiger partial charge in [0.25, 0.3) is 5.56 Å². The third-order valence-electron chi connectivity index (χ3n) is 6.69. The van der Waals surface area contributed by atoms with Crippen LogP contribution >= 0.6 is 11.6 Å². The van der Waals surface area contributed by atoms with Crippen molar-refractivity contribution in [1.82, 2.24) is 9.55 Å². The molecule has 0 bridgehead atoms. The molecule has 0 atom stereocenters. The van der Waals surface area contributed by atoms with Crippen molar-refractivity contribution in [3.05, 3.63) is 68.8 Å². The van der Waals surface area contributed by atoms with Gasteiger partial charge in [0.1, 0.15) is 17.1 Å². The number of anilines is 1. The first kappa shape index (κ1) is 20.6. The number of piperidine rings is 1. The summed E-state index contributed by atoms with van der Waals surface area (Å²) in [7, 11) is 1.66. The fraction of sp³-hybridized carbons (Fsp3) is 0.320. The lowest BCUT2D eigenvalue weighted by Crippen LogP contribution is -2.42. The maximum absolute atomic E-state index is 12.9. The quantitative estimate of drug-likeness (QED) is 0.429. The number of fused-ring (bicyclic) bond motifs is 2. The van der Waals surface area contributed by atoms with Crippen LogP contribution in [0, 0.1) is 18.3 Å². The number of nitriles is 1. The molecule has 3 heterocycles. The van der Waals surface area contributed by atoms with Crippen LogP contribution in [0.3, 0.4) is 0 Å². The van der Waals surface area contributed by atoms with Crippen LogP contribution in [0.4, 0.5) is 5.69 Å². The van der Waals surface area contributed by atoms with Crippen LogP contribution in [0.15, 0.2) is 45.6 Å². The van der Waals surface area contributed by atoms with Gasteiger partial charge < -0.3 is 13.9 Å². The molecule has 0 amide bonds. The van der Waals surface area contributed by atoms with Crippen molar-refractivity contribution < 1.29 is 4.42 Å². The van der Waals surface area contributed by atoms with E-state index in [4.69, 9.17) is 21.0 Å². The fourth-order valence-corrected chi connectivity index (χ4v) is 5.02. The number of pyridine rings is 1. The molecule has 0 unspecified atom stereocenters. The minimum Gasteiger partial charge on any atom is -0.440 e. The van der Waals surface area contributed by atoms with Crippen LogP contribution in [0.25, 0.3) is 22.0 Å². The molecule has 0 radical (unpaired) electrons. The number of hydrogen-bond donors (Lipinski definition) is 0. The zero-order valence-electron chi connectivity index (χ0n) is 18.3. The Hall–Kier alpha value is -3.30. The number of hydrogen-bond acceptors (Lipinski definition) is 5. The van der Waals surface area contributed by atoms with E-state index in [0.29, 0.717) is 29.3 Å². The monoisotopic (exact) mass is 446 g/mol. The number of aromatic nitrogens is 2. The smallest absolute Gasteiger partial charge is 0.270 e. The molecule has 5 rings (SSSR count). The number of nitrogens with zero attached hydrogens (tertiary/aromatic N) is 4. The molecule has 7 heteroatoms. The van der Waals surface area contributed by atoms with Crippen LogP contribution in [0.1, 0.15) is 36.8 Å². The number of oxazole rings is 1. The largest absolute Gasteiger partial charge is 0.440 e. The molecule has 162 valence electrons. The minimum atomic E-state index is -0.328. The average molecular weight is 447 g/mol. The van der Waals surface area contributed by atoms with E-state index in [-0.39, 0.29) is 16.5 Å². The van der Waals surface area contributed by atoms with E-state index in [9.17, 15) is 10.1 Å². The van der Waals surface area contributed by atoms with Crippen molar-refractivity contribution in [2.45, 2.75) is 32.1 Å². The SMILES string of the molecule is Cc1ccc2oc(C3(C)CCN(c4c(C#N)c(=O)n(C)c5c(Cl)cccc45)CC3)nc2c1. The molecule has 6 nitrogen and oxygen atoms in total. The van der Waals surface area contributed by atoms with E-state index in [2.05, 4.69) is 17.9 Å². The summed E-state index contributed by atoms with van der Waals surface area (Å²) in [5, 5.41) is 11.1. The molecule has 0 aliphatic carbocycles. The molecule has 2 aromatic carbocycles. The van der Waals surface area contributed by atoms with Crippen LogP contribution in [0.2, 0.25) is 5.02 Å². The second-order valence-corrected chi connectivity index (χ2v) is 9.28. The van der Waals surface area contributed by atoms with E-state index >= 15 is 0 Å². The normalized spacial score (nSPS) is 15.9. The number of benzene rings is 2.